The second-order valence-electron chi connectivity index (χ2n) is 6.35. The maximum absolute atomic E-state index is 13.0. The predicted molar refractivity (Wildman–Crippen MR) is 85.0 cm³/mol. The molecule has 116 valence electrons. The molecule has 0 aliphatic carbocycles. The van der Waals surface area contributed by atoms with Gasteiger partial charge in [-0.25, -0.2) is 8.42 Å². The first-order valence-electron chi connectivity index (χ1n) is 7.76. The number of hydrogen-bond donors (Lipinski definition) is 1. The normalized spacial score (nSPS) is 29.0. The minimum atomic E-state index is -3.49. The van der Waals surface area contributed by atoms with Gasteiger partial charge in [-0.3, -0.25) is 0 Å². The standard InChI is InChI=1S/C17H19NO3S/c19-16-10-14-6-7-15(11-16)18(14)22(20,21)17-8-5-12-3-1-2-4-13(12)9-17/h1-5,8-9,14-16,19H,6-7,10-11H2. The number of aliphatic hydroxyl groups excluding tert-OH is 1. The zero-order chi connectivity index (χ0) is 15.3. The van der Waals surface area contributed by atoms with E-state index in [1.807, 2.05) is 30.3 Å². The molecular formula is C17H19NO3S. The van der Waals surface area contributed by atoms with E-state index in [9.17, 15) is 13.5 Å². The highest BCUT2D eigenvalue weighted by molar-refractivity contribution is 7.89. The van der Waals surface area contributed by atoms with Crippen LogP contribution < -0.4 is 0 Å². The van der Waals surface area contributed by atoms with E-state index in [1.54, 1.807) is 16.4 Å². The van der Waals surface area contributed by atoms with Crippen molar-refractivity contribution in [2.45, 2.75) is 48.8 Å². The lowest BCUT2D eigenvalue weighted by atomic mass is 10.0. The SMILES string of the molecule is O=S(=O)(c1ccc2ccccc2c1)N1C2CCC1CC(O)C2. The largest absolute Gasteiger partial charge is 0.393 e. The number of aliphatic hydroxyl groups is 1. The van der Waals surface area contributed by atoms with E-state index < -0.39 is 10.0 Å². The summed E-state index contributed by atoms with van der Waals surface area (Å²) in [5.74, 6) is 0. The van der Waals surface area contributed by atoms with Gasteiger partial charge in [-0.2, -0.15) is 4.31 Å². The Hall–Kier alpha value is -1.43. The number of nitrogens with zero attached hydrogens (tertiary/aromatic N) is 1. The summed E-state index contributed by atoms with van der Waals surface area (Å²) in [6.07, 6.45) is 2.47. The van der Waals surface area contributed by atoms with Crippen LogP contribution in [-0.4, -0.2) is 36.0 Å². The average molecular weight is 317 g/mol. The number of fused-ring (bicyclic) bond motifs is 3. The van der Waals surface area contributed by atoms with Crippen molar-refractivity contribution in [1.29, 1.82) is 0 Å². The Morgan fingerprint density at radius 2 is 1.59 bits per heavy atom. The van der Waals surface area contributed by atoms with Crippen LogP contribution in [0.15, 0.2) is 47.4 Å². The van der Waals surface area contributed by atoms with Crippen LogP contribution in [0.4, 0.5) is 0 Å². The molecule has 2 fully saturated rings. The minimum absolute atomic E-state index is 0.0507. The van der Waals surface area contributed by atoms with Crippen LogP contribution in [0.5, 0.6) is 0 Å². The molecule has 2 aromatic carbocycles. The molecule has 0 saturated carbocycles. The second-order valence-corrected chi connectivity index (χ2v) is 8.20. The topological polar surface area (TPSA) is 57.6 Å². The van der Waals surface area contributed by atoms with Gasteiger partial charge in [0.05, 0.1) is 11.0 Å². The molecule has 2 aliphatic rings. The molecule has 4 nitrogen and oxygen atoms in total. The van der Waals surface area contributed by atoms with Gasteiger partial charge in [0.15, 0.2) is 0 Å². The zero-order valence-electron chi connectivity index (χ0n) is 12.2. The maximum Gasteiger partial charge on any atom is 0.243 e. The zero-order valence-corrected chi connectivity index (χ0v) is 13.0. The fourth-order valence-corrected chi connectivity index (χ4v) is 5.87. The Morgan fingerprint density at radius 3 is 2.27 bits per heavy atom. The highest BCUT2D eigenvalue weighted by Crippen LogP contribution is 2.40. The van der Waals surface area contributed by atoms with E-state index in [-0.39, 0.29) is 18.2 Å². The molecule has 2 heterocycles. The van der Waals surface area contributed by atoms with Crippen molar-refractivity contribution in [1.82, 2.24) is 4.31 Å². The van der Waals surface area contributed by atoms with Crippen molar-refractivity contribution in [2.75, 3.05) is 0 Å². The van der Waals surface area contributed by atoms with Crippen LogP contribution >= 0.6 is 0 Å². The van der Waals surface area contributed by atoms with E-state index in [4.69, 9.17) is 0 Å². The fourth-order valence-electron chi connectivity index (χ4n) is 3.95. The number of sulfonamides is 1. The molecule has 2 saturated heterocycles. The molecule has 4 rings (SSSR count). The molecule has 2 unspecified atom stereocenters. The Bertz CT molecular complexity index is 804. The van der Waals surface area contributed by atoms with Gasteiger partial charge < -0.3 is 5.11 Å². The summed E-state index contributed by atoms with van der Waals surface area (Å²) >= 11 is 0. The Morgan fingerprint density at radius 1 is 0.955 bits per heavy atom. The minimum Gasteiger partial charge on any atom is -0.393 e. The van der Waals surface area contributed by atoms with Gasteiger partial charge in [0, 0.05) is 12.1 Å². The molecule has 5 heteroatoms. The molecule has 22 heavy (non-hydrogen) atoms. The highest BCUT2D eigenvalue weighted by Gasteiger charge is 2.46. The third kappa shape index (κ3) is 2.16. The summed E-state index contributed by atoms with van der Waals surface area (Å²) in [7, 11) is -3.49. The van der Waals surface area contributed by atoms with Gasteiger partial charge in [0.25, 0.3) is 0 Å². The van der Waals surface area contributed by atoms with E-state index >= 15 is 0 Å². The lowest BCUT2D eigenvalue weighted by molar-refractivity contribution is 0.0769. The maximum atomic E-state index is 13.0. The monoisotopic (exact) mass is 317 g/mol. The molecule has 0 radical (unpaired) electrons. The molecule has 0 spiro atoms. The van der Waals surface area contributed by atoms with Gasteiger partial charge in [-0.05, 0) is 48.6 Å². The number of rotatable bonds is 2. The second kappa shape index (κ2) is 5.05. The van der Waals surface area contributed by atoms with Gasteiger partial charge in [0.1, 0.15) is 0 Å². The third-order valence-electron chi connectivity index (χ3n) is 4.94. The molecule has 2 atom stereocenters. The van der Waals surface area contributed by atoms with Gasteiger partial charge >= 0.3 is 0 Å². The lowest BCUT2D eigenvalue weighted by Crippen LogP contribution is -2.47. The number of piperidine rings is 1. The van der Waals surface area contributed by atoms with Crippen molar-refractivity contribution >= 4 is 20.8 Å². The van der Waals surface area contributed by atoms with Crippen molar-refractivity contribution in [3.8, 4) is 0 Å². The predicted octanol–water partition coefficient (Wildman–Crippen LogP) is 2.52. The van der Waals surface area contributed by atoms with Crippen LogP contribution in [0, 0.1) is 0 Å². The fraction of sp³-hybridized carbons (Fsp3) is 0.412. The molecular weight excluding hydrogens is 298 g/mol. The first kappa shape index (κ1) is 14.2. The molecule has 2 aromatic rings. The van der Waals surface area contributed by atoms with Crippen molar-refractivity contribution in [3.05, 3.63) is 42.5 Å². The van der Waals surface area contributed by atoms with Crippen LogP contribution in [0.25, 0.3) is 10.8 Å². The summed E-state index contributed by atoms with van der Waals surface area (Å²) in [6, 6.07) is 13.0. The quantitative estimate of drug-likeness (QED) is 0.926. The van der Waals surface area contributed by atoms with Gasteiger partial charge in [-0.1, -0.05) is 30.3 Å². The van der Waals surface area contributed by atoms with Crippen molar-refractivity contribution < 1.29 is 13.5 Å². The van der Waals surface area contributed by atoms with Crippen LogP contribution in [0.2, 0.25) is 0 Å². The molecule has 1 N–H and O–H groups in total. The lowest BCUT2D eigenvalue weighted by Gasteiger charge is -2.36. The van der Waals surface area contributed by atoms with Crippen LogP contribution in [-0.2, 0) is 10.0 Å². The van der Waals surface area contributed by atoms with E-state index in [2.05, 4.69) is 0 Å². The first-order valence-corrected chi connectivity index (χ1v) is 9.20. The van der Waals surface area contributed by atoms with Gasteiger partial charge in [0.2, 0.25) is 10.0 Å². The third-order valence-corrected chi connectivity index (χ3v) is 6.94. The van der Waals surface area contributed by atoms with E-state index in [0.29, 0.717) is 17.7 Å². The Labute approximate surface area is 130 Å². The number of hydrogen-bond acceptors (Lipinski definition) is 3. The Balaban J connectivity index is 1.76. The summed E-state index contributed by atoms with van der Waals surface area (Å²) in [5, 5.41) is 11.8. The van der Waals surface area contributed by atoms with E-state index in [0.717, 1.165) is 23.6 Å². The summed E-state index contributed by atoms with van der Waals surface area (Å²) in [4.78, 5) is 0.361. The molecule has 0 aromatic heterocycles. The highest BCUT2D eigenvalue weighted by atomic mass is 32.2. The Kier molecular flexibility index (Phi) is 3.25. The molecule has 0 amide bonds. The average Bonchev–Trinajstić information content (AvgIpc) is 2.80. The molecule has 2 aliphatic heterocycles. The van der Waals surface area contributed by atoms with Crippen LogP contribution in [0.1, 0.15) is 25.7 Å². The van der Waals surface area contributed by atoms with Crippen molar-refractivity contribution in [2.24, 2.45) is 0 Å². The summed E-state index contributed by atoms with van der Waals surface area (Å²) in [5.41, 5.74) is 0. The smallest absolute Gasteiger partial charge is 0.243 e. The summed E-state index contributed by atoms with van der Waals surface area (Å²) in [6.45, 7) is 0. The summed E-state index contributed by atoms with van der Waals surface area (Å²) < 4.78 is 27.7. The van der Waals surface area contributed by atoms with E-state index in [1.165, 1.54) is 0 Å². The van der Waals surface area contributed by atoms with Crippen molar-refractivity contribution in [3.63, 3.8) is 0 Å². The van der Waals surface area contributed by atoms with Gasteiger partial charge in [-0.15, -0.1) is 0 Å². The molecule has 2 bridgehead atoms. The first-order chi connectivity index (χ1) is 10.6. The number of benzene rings is 2. The van der Waals surface area contributed by atoms with Crippen LogP contribution in [0.3, 0.4) is 0 Å².